The molecule has 1 atom stereocenters. The van der Waals surface area contributed by atoms with Gasteiger partial charge >= 0.3 is 0 Å². The number of fused-ring (bicyclic) bond motifs is 1. The van der Waals surface area contributed by atoms with Crippen molar-refractivity contribution in [3.05, 3.63) is 17.7 Å². The van der Waals surface area contributed by atoms with E-state index in [0.717, 1.165) is 24.5 Å². The molecule has 0 bridgehead atoms. The van der Waals surface area contributed by atoms with Gasteiger partial charge < -0.3 is 14.8 Å². The lowest BCUT2D eigenvalue weighted by Crippen LogP contribution is -2.21. The van der Waals surface area contributed by atoms with E-state index in [1.807, 2.05) is 6.07 Å². The van der Waals surface area contributed by atoms with Crippen LogP contribution in [0.5, 0.6) is 11.8 Å². The van der Waals surface area contributed by atoms with E-state index < -0.39 is 0 Å². The van der Waals surface area contributed by atoms with Gasteiger partial charge in [0, 0.05) is 24.7 Å². The molecule has 1 aromatic heterocycles. The highest BCUT2D eigenvalue weighted by molar-refractivity contribution is 5.31. The Morgan fingerprint density at radius 1 is 1.37 bits per heavy atom. The Kier molecular flexibility index (Phi) is 3.87. The van der Waals surface area contributed by atoms with Gasteiger partial charge in [-0.25, -0.2) is 0 Å². The van der Waals surface area contributed by atoms with Gasteiger partial charge in [0.05, 0.1) is 0 Å². The van der Waals surface area contributed by atoms with Crippen molar-refractivity contribution in [3.8, 4) is 11.8 Å². The third kappa shape index (κ3) is 3.00. The summed E-state index contributed by atoms with van der Waals surface area (Å²) in [6.07, 6.45) is 5.49. The van der Waals surface area contributed by atoms with Crippen molar-refractivity contribution in [2.24, 2.45) is 5.92 Å². The van der Waals surface area contributed by atoms with Gasteiger partial charge in [-0.2, -0.15) is 4.98 Å². The fraction of sp³-hybridized carbons (Fsp3) is 0.667. The smallest absolute Gasteiger partial charge is 0.221 e. The number of ether oxygens (including phenoxy) is 2. The molecule has 0 radical (unpaired) electrons. The summed E-state index contributed by atoms with van der Waals surface area (Å²) in [7, 11) is 0. The third-order valence-corrected chi connectivity index (χ3v) is 4.12. The van der Waals surface area contributed by atoms with Gasteiger partial charge in [0.2, 0.25) is 11.8 Å². The Balaban J connectivity index is 1.69. The minimum Gasteiger partial charge on any atom is -0.476 e. The van der Waals surface area contributed by atoms with Gasteiger partial charge in [-0.3, -0.25) is 0 Å². The van der Waals surface area contributed by atoms with Crippen molar-refractivity contribution in [2.45, 2.75) is 45.3 Å². The highest BCUT2D eigenvalue weighted by Crippen LogP contribution is 2.30. The molecule has 0 spiro atoms. The maximum atomic E-state index is 5.99. The molecule has 0 aromatic carbocycles. The molecule has 4 nitrogen and oxygen atoms in total. The van der Waals surface area contributed by atoms with E-state index in [1.165, 1.54) is 25.7 Å². The molecule has 1 aromatic rings. The van der Waals surface area contributed by atoms with Crippen molar-refractivity contribution < 1.29 is 9.47 Å². The van der Waals surface area contributed by atoms with E-state index >= 15 is 0 Å². The number of pyridine rings is 1. The first-order valence-corrected chi connectivity index (χ1v) is 7.33. The zero-order chi connectivity index (χ0) is 13.1. The standard InChI is InChI=1S/C15H22N2O2/c1-11(12-4-2-3-5-12)19-14-7-6-13-10-16-8-9-18-15(13)17-14/h6-7,11-12,16H,2-5,8-10H2,1H3. The Bertz CT molecular complexity index is 430. The molecule has 0 amide bonds. The molecular weight excluding hydrogens is 240 g/mol. The van der Waals surface area contributed by atoms with Crippen LogP contribution in [0.3, 0.4) is 0 Å². The molecule has 1 aliphatic heterocycles. The molecule has 1 fully saturated rings. The van der Waals surface area contributed by atoms with Crippen LogP contribution < -0.4 is 14.8 Å². The number of hydrogen-bond donors (Lipinski definition) is 1. The molecule has 19 heavy (non-hydrogen) atoms. The number of rotatable bonds is 3. The fourth-order valence-electron chi connectivity index (χ4n) is 2.93. The van der Waals surface area contributed by atoms with E-state index in [2.05, 4.69) is 23.3 Å². The average molecular weight is 262 g/mol. The highest BCUT2D eigenvalue weighted by Gasteiger charge is 2.23. The highest BCUT2D eigenvalue weighted by atomic mass is 16.5. The minimum atomic E-state index is 0.247. The minimum absolute atomic E-state index is 0.247. The van der Waals surface area contributed by atoms with Crippen LogP contribution in [-0.4, -0.2) is 24.2 Å². The Labute approximate surface area is 114 Å². The molecule has 104 valence electrons. The van der Waals surface area contributed by atoms with Crippen LogP contribution in [0.4, 0.5) is 0 Å². The number of hydrogen-bond acceptors (Lipinski definition) is 4. The zero-order valence-electron chi connectivity index (χ0n) is 11.5. The van der Waals surface area contributed by atoms with Gasteiger partial charge in [-0.05, 0) is 31.7 Å². The number of nitrogens with one attached hydrogen (secondary N) is 1. The first-order valence-electron chi connectivity index (χ1n) is 7.33. The lowest BCUT2D eigenvalue weighted by Gasteiger charge is -2.20. The van der Waals surface area contributed by atoms with E-state index in [0.29, 0.717) is 18.4 Å². The van der Waals surface area contributed by atoms with Crippen LogP contribution in [0.25, 0.3) is 0 Å². The van der Waals surface area contributed by atoms with E-state index in [-0.39, 0.29) is 6.10 Å². The summed E-state index contributed by atoms with van der Waals surface area (Å²) in [4.78, 5) is 4.50. The summed E-state index contributed by atoms with van der Waals surface area (Å²) >= 11 is 0. The summed E-state index contributed by atoms with van der Waals surface area (Å²) in [5, 5.41) is 3.30. The molecule has 1 unspecified atom stereocenters. The van der Waals surface area contributed by atoms with Gasteiger partial charge in [0.25, 0.3) is 0 Å². The molecule has 1 saturated carbocycles. The maximum Gasteiger partial charge on any atom is 0.221 e. The summed E-state index contributed by atoms with van der Waals surface area (Å²) in [5.41, 5.74) is 1.11. The molecule has 2 aliphatic rings. The second-order valence-corrected chi connectivity index (χ2v) is 5.51. The van der Waals surface area contributed by atoms with Crippen molar-refractivity contribution in [3.63, 3.8) is 0 Å². The predicted molar refractivity (Wildman–Crippen MR) is 73.5 cm³/mol. The normalized spacial score (nSPS) is 21.3. The fourth-order valence-corrected chi connectivity index (χ4v) is 2.93. The zero-order valence-corrected chi connectivity index (χ0v) is 11.5. The summed E-state index contributed by atoms with van der Waals surface area (Å²) in [6.45, 7) is 4.51. The molecule has 0 saturated heterocycles. The van der Waals surface area contributed by atoms with Crippen LogP contribution >= 0.6 is 0 Å². The first kappa shape index (κ1) is 12.7. The molecule has 2 heterocycles. The van der Waals surface area contributed by atoms with Gasteiger partial charge in [0.15, 0.2) is 0 Å². The lowest BCUT2D eigenvalue weighted by molar-refractivity contribution is 0.146. The number of aromatic nitrogens is 1. The quantitative estimate of drug-likeness (QED) is 0.909. The third-order valence-electron chi connectivity index (χ3n) is 4.12. The first-order chi connectivity index (χ1) is 9.33. The van der Waals surface area contributed by atoms with Gasteiger partial charge in [-0.15, -0.1) is 0 Å². The van der Waals surface area contributed by atoms with Crippen molar-refractivity contribution >= 4 is 0 Å². The largest absolute Gasteiger partial charge is 0.476 e. The Morgan fingerprint density at radius 2 is 2.21 bits per heavy atom. The van der Waals surface area contributed by atoms with Crippen molar-refractivity contribution in [2.75, 3.05) is 13.2 Å². The van der Waals surface area contributed by atoms with E-state index in [9.17, 15) is 0 Å². The average Bonchev–Trinajstić information content (AvgIpc) is 2.85. The second kappa shape index (κ2) is 5.78. The van der Waals surface area contributed by atoms with Crippen LogP contribution in [0.2, 0.25) is 0 Å². The Hall–Kier alpha value is -1.29. The van der Waals surface area contributed by atoms with Crippen LogP contribution in [-0.2, 0) is 6.54 Å². The number of nitrogens with zero attached hydrogens (tertiary/aromatic N) is 1. The molecule has 1 aliphatic carbocycles. The topological polar surface area (TPSA) is 43.4 Å². The molecule has 3 rings (SSSR count). The molecule has 4 heteroatoms. The van der Waals surface area contributed by atoms with E-state index in [4.69, 9.17) is 9.47 Å². The maximum absolute atomic E-state index is 5.99. The van der Waals surface area contributed by atoms with Crippen LogP contribution in [0, 0.1) is 5.92 Å². The SMILES string of the molecule is CC(Oc1ccc2c(n1)OCCNC2)C1CCCC1. The van der Waals surface area contributed by atoms with Crippen LogP contribution in [0.15, 0.2) is 12.1 Å². The summed E-state index contributed by atoms with van der Waals surface area (Å²) in [6, 6.07) is 4.01. The molecular formula is C15H22N2O2. The summed E-state index contributed by atoms with van der Waals surface area (Å²) in [5.74, 6) is 2.10. The monoisotopic (exact) mass is 262 g/mol. The Morgan fingerprint density at radius 3 is 3.05 bits per heavy atom. The summed E-state index contributed by atoms with van der Waals surface area (Å²) < 4.78 is 11.6. The van der Waals surface area contributed by atoms with Crippen molar-refractivity contribution in [1.82, 2.24) is 10.3 Å². The second-order valence-electron chi connectivity index (χ2n) is 5.51. The lowest BCUT2D eigenvalue weighted by atomic mass is 10.0. The van der Waals surface area contributed by atoms with Crippen LogP contribution in [0.1, 0.15) is 38.2 Å². The predicted octanol–water partition coefficient (Wildman–Crippen LogP) is 2.52. The van der Waals surface area contributed by atoms with Gasteiger partial charge in [0.1, 0.15) is 12.7 Å². The van der Waals surface area contributed by atoms with Gasteiger partial charge in [-0.1, -0.05) is 12.8 Å². The van der Waals surface area contributed by atoms with Crippen molar-refractivity contribution in [1.29, 1.82) is 0 Å². The van der Waals surface area contributed by atoms with E-state index in [1.54, 1.807) is 0 Å². The molecule has 1 N–H and O–H groups in total.